The van der Waals surface area contributed by atoms with Crippen molar-refractivity contribution in [3.05, 3.63) is 46.6 Å². The number of benzene rings is 1. The lowest BCUT2D eigenvalue weighted by atomic mass is 10.0. The third-order valence-electron chi connectivity index (χ3n) is 4.09. The van der Waals surface area contributed by atoms with Crippen molar-refractivity contribution < 1.29 is 9.53 Å². The first-order chi connectivity index (χ1) is 12.4. The molecule has 0 aliphatic rings. The summed E-state index contributed by atoms with van der Waals surface area (Å²) in [5.41, 5.74) is 3.08. The van der Waals surface area contributed by atoms with Gasteiger partial charge in [-0.3, -0.25) is 0 Å². The largest absolute Gasteiger partial charge is 0.459 e. The van der Waals surface area contributed by atoms with Crippen LogP contribution in [0.5, 0.6) is 0 Å². The van der Waals surface area contributed by atoms with E-state index in [4.69, 9.17) is 4.74 Å². The smallest absolute Gasteiger partial charge is 0.348 e. The fourth-order valence-corrected chi connectivity index (χ4v) is 3.90. The molecule has 1 aromatic carbocycles. The zero-order valence-corrected chi connectivity index (χ0v) is 16.5. The van der Waals surface area contributed by atoms with Crippen molar-refractivity contribution in [2.45, 2.75) is 46.6 Å². The molecule has 0 radical (unpaired) electrons. The molecule has 6 heteroatoms. The molecular formula is C20H23N3O2S. The highest BCUT2D eigenvalue weighted by molar-refractivity contribution is 7.20. The number of nitrogens with one attached hydrogen (secondary N) is 1. The molecule has 0 bridgehead atoms. The van der Waals surface area contributed by atoms with Gasteiger partial charge in [0.05, 0.1) is 11.5 Å². The van der Waals surface area contributed by atoms with Crippen LogP contribution in [-0.4, -0.2) is 22.0 Å². The standard InChI is InChI=1S/C20H23N3O2S/c1-11(2)14-8-6-7-9-15(14)23-18-16-13(5)17(20(24)25-12(3)4)26-19(16)22-10-21-18/h6-12H,1-5H3,(H,21,22,23). The maximum absolute atomic E-state index is 12.4. The van der Waals surface area contributed by atoms with E-state index in [1.807, 2.05) is 39.0 Å². The van der Waals surface area contributed by atoms with Gasteiger partial charge in [0.15, 0.2) is 0 Å². The molecule has 0 fully saturated rings. The number of ether oxygens (including phenoxy) is 1. The Kier molecular flexibility index (Phi) is 5.23. The highest BCUT2D eigenvalue weighted by Gasteiger charge is 2.21. The number of anilines is 2. The van der Waals surface area contributed by atoms with Crippen LogP contribution in [0.25, 0.3) is 10.2 Å². The number of hydrogen-bond acceptors (Lipinski definition) is 6. The molecule has 0 spiro atoms. The molecule has 5 nitrogen and oxygen atoms in total. The van der Waals surface area contributed by atoms with Crippen LogP contribution >= 0.6 is 11.3 Å². The highest BCUT2D eigenvalue weighted by atomic mass is 32.1. The Morgan fingerprint density at radius 1 is 1.15 bits per heavy atom. The molecule has 0 amide bonds. The third kappa shape index (κ3) is 3.55. The number of rotatable bonds is 5. The lowest BCUT2D eigenvalue weighted by molar-refractivity contribution is 0.0383. The number of carbonyl (C=O) groups is 1. The molecule has 0 atom stereocenters. The van der Waals surface area contributed by atoms with Crippen molar-refractivity contribution in [2.24, 2.45) is 0 Å². The van der Waals surface area contributed by atoms with E-state index in [1.165, 1.54) is 23.2 Å². The molecule has 3 aromatic rings. The van der Waals surface area contributed by atoms with E-state index >= 15 is 0 Å². The molecule has 0 aliphatic carbocycles. The Hall–Kier alpha value is -2.47. The number of hydrogen-bond donors (Lipinski definition) is 1. The van der Waals surface area contributed by atoms with Crippen LogP contribution < -0.4 is 5.32 Å². The number of thiophene rings is 1. The fraction of sp³-hybridized carbons (Fsp3) is 0.350. The predicted molar refractivity (Wildman–Crippen MR) is 107 cm³/mol. The molecule has 2 heterocycles. The summed E-state index contributed by atoms with van der Waals surface area (Å²) >= 11 is 1.34. The minimum absolute atomic E-state index is 0.159. The molecule has 0 unspecified atom stereocenters. The van der Waals surface area contributed by atoms with Gasteiger partial charge in [-0.05, 0) is 43.9 Å². The summed E-state index contributed by atoms with van der Waals surface area (Å²) in [4.78, 5) is 22.5. The van der Waals surface area contributed by atoms with Crippen molar-refractivity contribution >= 4 is 39.0 Å². The van der Waals surface area contributed by atoms with Gasteiger partial charge in [-0.1, -0.05) is 32.0 Å². The molecule has 0 saturated heterocycles. The maximum Gasteiger partial charge on any atom is 0.348 e. The lowest BCUT2D eigenvalue weighted by Crippen LogP contribution is -2.11. The maximum atomic E-state index is 12.4. The van der Waals surface area contributed by atoms with Crippen LogP contribution in [0.3, 0.4) is 0 Å². The lowest BCUT2D eigenvalue weighted by Gasteiger charge is -2.14. The van der Waals surface area contributed by atoms with Crippen LogP contribution in [0, 0.1) is 6.92 Å². The molecular weight excluding hydrogens is 346 g/mol. The molecule has 26 heavy (non-hydrogen) atoms. The van der Waals surface area contributed by atoms with E-state index in [-0.39, 0.29) is 12.1 Å². The minimum atomic E-state index is -0.311. The number of esters is 1. The SMILES string of the molecule is Cc1c(C(=O)OC(C)C)sc2ncnc(Nc3ccccc3C(C)C)c12. The number of para-hydroxylation sites is 1. The van der Waals surface area contributed by atoms with E-state index in [9.17, 15) is 4.79 Å². The Morgan fingerprint density at radius 2 is 1.88 bits per heavy atom. The van der Waals surface area contributed by atoms with E-state index in [0.29, 0.717) is 16.6 Å². The number of aryl methyl sites for hydroxylation is 1. The van der Waals surface area contributed by atoms with Crippen molar-refractivity contribution in [3.8, 4) is 0 Å². The summed E-state index contributed by atoms with van der Waals surface area (Å²) in [6, 6.07) is 8.18. The van der Waals surface area contributed by atoms with E-state index in [2.05, 4.69) is 35.2 Å². The quantitative estimate of drug-likeness (QED) is 0.607. The van der Waals surface area contributed by atoms with E-state index < -0.39 is 0 Å². The van der Waals surface area contributed by atoms with Crippen molar-refractivity contribution in [2.75, 3.05) is 5.32 Å². The first-order valence-electron chi connectivity index (χ1n) is 8.69. The van der Waals surface area contributed by atoms with Gasteiger partial charge >= 0.3 is 5.97 Å². The van der Waals surface area contributed by atoms with Crippen LogP contribution in [0.15, 0.2) is 30.6 Å². The second kappa shape index (κ2) is 7.41. The average molecular weight is 369 g/mol. The fourth-order valence-electron chi connectivity index (χ4n) is 2.87. The summed E-state index contributed by atoms with van der Waals surface area (Å²) in [6.45, 7) is 9.92. The summed E-state index contributed by atoms with van der Waals surface area (Å²) < 4.78 is 5.36. The van der Waals surface area contributed by atoms with Crippen molar-refractivity contribution in [1.29, 1.82) is 0 Å². The predicted octanol–water partition coefficient (Wildman–Crippen LogP) is 5.43. The van der Waals surface area contributed by atoms with Gasteiger partial charge < -0.3 is 10.1 Å². The molecule has 3 rings (SSSR count). The third-order valence-corrected chi connectivity index (χ3v) is 5.27. The Bertz CT molecular complexity index is 947. The van der Waals surface area contributed by atoms with E-state index in [0.717, 1.165) is 21.5 Å². The van der Waals surface area contributed by atoms with Gasteiger partial charge in [-0.25, -0.2) is 14.8 Å². The van der Waals surface area contributed by atoms with Crippen molar-refractivity contribution in [3.63, 3.8) is 0 Å². The van der Waals surface area contributed by atoms with Crippen LogP contribution in [-0.2, 0) is 4.74 Å². The van der Waals surface area contributed by atoms with Crippen LogP contribution in [0.2, 0.25) is 0 Å². The second-order valence-electron chi connectivity index (χ2n) is 6.78. The Morgan fingerprint density at radius 3 is 2.58 bits per heavy atom. The molecule has 136 valence electrons. The number of aromatic nitrogens is 2. The van der Waals surface area contributed by atoms with Gasteiger partial charge in [0.1, 0.15) is 21.9 Å². The summed E-state index contributed by atoms with van der Waals surface area (Å²) in [6.07, 6.45) is 1.37. The number of fused-ring (bicyclic) bond motifs is 1. The zero-order valence-electron chi connectivity index (χ0n) is 15.7. The van der Waals surface area contributed by atoms with Gasteiger partial charge in [-0.15, -0.1) is 11.3 Å². The van der Waals surface area contributed by atoms with Gasteiger partial charge in [0.2, 0.25) is 0 Å². The van der Waals surface area contributed by atoms with Gasteiger partial charge in [-0.2, -0.15) is 0 Å². The summed E-state index contributed by atoms with van der Waals surface area (Å²) in [5, 5.41) is 4.30. The Balaban J connectivity index is 2.06. The average Bonchev–Trinajstić information content (AvgIpc) is 2.93. The summed E-state index contributed by atoms with van der Waals surface area (Å²) in [5.74, 6) is 0.783. The highest BCUT2D eigenvalue weighted by Crippen LogP contribution is 2.36. The topological polar surface area (TPSA) is 64.1 Å². The number of carbonyl (C=O) groups excluding carboxylic acids is 1. The van der Waals surface area contributed by atoms with E-state index in [1.54, 1.807) is 0 Å². The Labute approximate surface area is 157 Å². The molecule has 1 N–H and O–H groups in total. The second-order valence-corrected chi connectivity index (χ2v) is 7.78. The van der Waals surface area contributed by atoms with Gasteiger partial charge in [0.25, 0.3) is 0 Å². The molecule has 2 aromatic heterocycles. The normalized spacial score (nSPS) is 11.3. The monoisotopic (exact) mass is 369 g/mol. The van der Waals surface area contributed by atoms with Crippen molar-refractivity contribution in [1.82, 2.24) is 9.97 Å². The van der Waals surface area contributed by atoms with Gasteiger partial charge in [0, 0.05) is 5.69 Å². The molecule has 0 aliphatic heterocycles. The first kappa shape index (κ1) is 18.3. The molecule has 0 saturated carbocycles. The summed E-state index contributed by atoms with van der Waals surface area (Å²) in [7, 11) is 0. The van der Waals surface area contributed by atoms with Crippen LogP contribution in [0.4, 0.5) is 11.5 Å². The number of nitrogens with zero attached hydrogens (tertiary/aromatic N) is 2. The van der Waals surface area contributed by atoms with Crippen LogP contribution in [0.1, 0.15) is 54.4 Å². The minimum Gasteiger partial charge on any atom is -0.459 e. The first-order valence-corrected chi connectivity index (χ1v) is 9.51. The zero-order chi connectivity index (χ0) is 18.8.